The summed E-state index contributed by atoms with van der Waals surface area (Å²) in [6.45, 7) is 0. The first-order valence-electron chi connectivity index (χ1n) is 3.83. The van der Waals surface area contributed by atoms with E-state index in [-0.39, 0.29) is 4.47 Å². The predicted octanol–water partition coefficient (Wildman–Crippen LogP) is 2.53. The predicted molar refractivity (Wildman–Crippen MR) is 50.0 cm³/mol. The van der Waals surface area contributed by atoms with E-state index in [2.05, 4.69) is 30.4 Å². The quantitative estimate of drug-likeness (QED) is 0.788. The molecule has 0 aliphatic heterocycles. The van der Waals surface area contributed by atoms with Crippen LogP contribution < -0.4 is 4.74 Å². The standard InChI is InChI=1S/C8H5BrF3NO3/c1-15-7(14)6-5(16-8(10,11)12)2-4(9)3-13-6/h2-3H,1H3. The van der Waals surface area contributed by atoms with Crippen LogP contribution in [0.25, 0.3) is 0 Å². The molecule has 0 unspecified atom stereocenters. The Morgan fingerprint density at radius 1 is 1.50 bits per heavy atom. The van der Waals surface area contributed by atoms with Crippen molar-refractivity contribution in [2.45, 2.75) is 6.36 Å². The van der Waals surface area contributed by atoms with Gasteiger partial charge in [0.15, 0.2) is 11.4 Å². The Morgan fingerprint density at radius 3 is 2.62 bits per heavy atom. The van der Waals surface area contributed by atoms with Gasteiger partial charge in [0.2, 0.25) is 0 Å². The summed E-state index contributed by atoms with van der Waals surface area (Å²) in [4.78, 5) is 14.6. The zero-order valence-corrected chi connectivity index (χ0v) is 9.42. The van der Waals surface area contributed by atoms with Gasteiger partial charge in [-0.15, -0.1) is 13.2 Å². The lowest BCUT2D eigenvalue weighted by atomic mass is 10.3. The van der Waals surface area contributed by atoms with Crippen LogP contribution in [0.15, 0.2) is 16.7 Å². The molecule has 16 heavy (non-hydrogen) atoms. The number of carbonyl (C=O) groups excluding carboxylic acids is 1. The highest BCUT2D eigenvalue weighted by Crippen LogP contribution is 2.28. The fourth-order valence-corrected chi connectivity index (χ4v) is 1.18. The highest BCUT2D eigenvalue weighted by molar-refractivity contribution is 9.10. The Balaban J connectivity index is 3.13. The van der Waals surface area contributed by atoms with E-state index in [1.807, 2.05) is 0 Å². The van der Waals surface area contributed by atoms with Crippen molar-refractivity contribution in [3.8, 4) is 5.75 Å². The van der Waals surface area contributed by atoms with Crippen molar-refractivity contribution in [1.29, 1.82) is 0 Å². The summed E-state index contributed by atoms with van der Waals surface area (Å²) in [5, 5.41) is 0. The van der Waals surface area contributed by atoms with Gasteiger partial charge in [-0.1, -0.05) is 0 Å². The molecule has 1 aromatic heterocycles. The van der Waals surface area contributed by atoms with Crippen LogP contribution in [0.5, 0.6) is 5.75 Å². The van der Waals surface area contributed by atoms with Crippen molar-refractivity contribution in [3.63, 3.8) is 0 Å². The summed E-state index contributed by atoms with van der Waals surface area (Å²) in [7, 11) is 1.03. The molecule has 0 fully saturated rings. The number of aromatic nitrogens is 1. The van der Waals surface area contributed by atoms with Gasteiger partial charge in [0.1, 0.15) is 0 Å². The molecule has 0 saturated heterocycles. The average Bonchev–Trinajstić information content (AvgIpc) is 2.14. The van der Waals surface area contributed by atoms with Crippen LogP contribution in [0.2, 0.25) is 0 Å². The summed E-state index contributed by atoms with van der Waals surface area (Å²) in [6, 6.07) is 0.979. The zero-order valence-electron chi connectivity index (χ0n) is 7.84. The van der Waals surface area contributed by atoms with Gasteiger partial charge in [-0.3, -0.25) is 0 Å². The maximum atomic E-state index is 12.0. The minimum absolute atomic E-state index is 0.249. The monoisotopic (exact) mass is 299 g/mol. The Kier molecular flexibility index (Phi) is 3.74. The van der Waals surface area contributed by atoms with Gasteiger partial charge in [-0.25, -0.2) is 9.78 Å². The topological polar surface area (TPSA) is 48.4 Å². The highest BCUT2D eigenvalue weighted by Gasteiger charge is 2.33. The first-order chi connectivity index (χ1) is 7.33. The van der Waals surface area contributed by atoms with Gasteiger partial charge in [-0.05, 0) is 22.0 Å². The number of ether oxygens (including phenoxy) is 2. The zero-order chi connectivity index (χ0) is 12.3. The Hall–Kier alpha value is -1.31. The summed E-state index contributed by atoms with van der Waals surface area (Å²) in [5.41, 5.74) is -0.539. The molecular weight excluding hydrogens is 295 g/mol. The Morgan fingerprint density at radius 2 is 2.12 bits per heavy atom. The average molecular weight is 300 g/mol. The summed E-state index contributed by atoms with van der Waals surface area (Å²) in [6.07, 6.45) is -3.74. The second-order valence-corrected chi connectivity index (χ2v) is 3.46. The van der Waals surface area contributed by atoms with E-state index in [1.54, 1.807) is 0 Å². The number of alkyl halides is 3. The van der Waals surface area contributed by atoms with Gasteiger partial charge < -0.3 is 9.47 Å². The second kappa shape index (κ2) is 4.69. The molecule has 0 aliphatic carbocycles. The minimum Gasteiger partial charge on any atom is -0.464 e. The Labute approximate surface area is 96.5 Å². The molecule has 0 spiro atoms. The van der Waals surface area contributed by atoms with E-state index in [9.17, 15) is 18.0 Å². The third kappa shape index (κ3) is 3.37. The first kappa shape index (κ1) is 12.8. The number of halogens is 4. The first-order valence-corrected chi connectivity index (χ1v) is 4.62. The van der Waals surface area contributed by atoms with Crippen molar-refractivity contribution >= 4 is 21.9 Å². The normalized spacial score (nSPS) is 11.1. The second-order valence-electron chi connectivity index (χ2n) is 2.54. The molecular formula is C8H5BrF3NO3. The molecule has 0 aromatic carbocycles. The largest absolute Gasteiger partial charge is 0.573 e. The van der Waals surface area contributed by atoms with E-state index in [0.29, 0.717) is 0 Å². The van der Waals surface area contributed by atoms with Crippen LogP contribution in [0, 0.1) is 0 Å². The summed E-state index contributed by atoms with van der Waals surface area (Å²) >= 11 is 2.91. The van der Waals surface area contributed by atoms with Crippen molar-refractivity contribution < 1.29 is 27.4 Å². The van der Waals surface area contributed by atoms with Gasteiger partial charge in [-0.2, -0.15) is 0 Å². The lowest BCUT2D eigenvalue weighted by Crippen LogP contribution is -2.20. The maximum absolute atomic E-state index is 12.0. The van der Waals surface area contributed by atoms with Gasteiger partial charge in [0, 0.05) is 10.7 Å². The van der Waals surface area contributed by atoms with Crippen molar-refractivity contribution in [3.05, 3.63) is 22.4 Å². The molecule has 0 saturated carbocycles. The van der Waals surface area contributed by atoms with Crippen LogP contribution in [0.3, 0.4) is 0 Å². The van der Waals surface area contributed by atoms with Gasteiger partial charge in [0.05, 0.1) is 7.11 Å². The highest BCUT2D eigenvalue weighted by atomic mass is 79.9. The molecule has 0 bridgehead atoms. The molecule has 0 N–H and O–H groups in total. The lowest BCUT2D eigenvalue weighted by molar-refractivity contribution is -0.274. The molecule has 1 rings (SSSR count). The summed E-state index contributed by atoms with van der Waals surface area (Å²) < 4.78 is 44.2. The molecule has 0 atom stereocenters. The third-order valence-corrected chi connectivity index (χ3v) is 1.86. The molecule has 1 heterocycles. The molecule has 1 aromatic rings. The number of rotatable bonds is 2. The number of esters is 1. The fraction of sp³-hybridized carbons (Fsp3) is 0.250. The maximum Gasteiger partial charge on any atom is 0.573 e. The van der Waals surface area contributed by atoms with E-state index in [4.69, 9.17) is 0 Å². The number of pyridine rings is 1. The van der Waals surface area contributed by atoms with Crippen molar-refractivity contribution in [1.82, 2.24) is 4.98 Å². The molecule has 0 aliphatic rings. The van der Waals surface area contributed by atoms with Crippen LogP contribution in [0.4, 0.5) is 13.2 Å². The SMILES string of the molecule is COC(=O)c1ncc(Br)cc1OC(F)(F)F. The van der Waals surface area contributed by atoms with Crippen LogP contribution in [-0.4, -0.2) is 24.4 Å². The fourth-order valence-electron chi connectivity index (χ4n) is 0.873. The van der Waals surface area contributed by atoms with Crippen LogP contribution in [0.1, 0.15) is 10.5 Å². The number of nitrogens with zero attached hydrogens (tertiary/aromatic N) is 1. The van der Waals surface area contributed by atoms with Crippen LogP contribution in [-0.2, 0) is 4.74 Å². The smallest absolute Gasteiger partial charge is 0.464 e. The van der Waals surface area contributed by atoms with Gasteiger partial charge >= 0.3 is 12.3 Å². The molecule has 0 radical (unpaired) electrons. The van der Waals surface area contributed by atoms with Crippen molar-refractivity contribution in [2.24, 2.45) is 0 Å². The van der Waals surface area contributed by atoms with Gasteiger partial charge in [0.25, 0.3) is 0 Å². The van der Waals surface area contributed by atoms with E-state index >= 15 is 0 Å². The number of methoxy groups -OCH3 is 1. The third-order valence-electron chi connectivity index (χ3n) is 1.42. The number of carbonyl (C=O) groups is 1. The number of hydrogen-bond donors (Lipinski definition) is 0. The molecule has 4 nitrogen and oxygen atoms in total. The molecule has 0 amide bonds. The summed E-state index contributed by atoms with van der Waals surface area (Å²) in [5.74, 6) is -1.72. The number of hydrogen-bond acceptors (Lipinski definition) is 4. The Bertz CT molecular complexity index is 408. The minimum atomic E-state index is -4.90. The van der Waals surface area contributed by atoms with E-state index < -0.39 is 23.8 Å². The van der Waals surface area contributed by atoms with E-state index in [1.165, 1.54) is 0 Å². The molecule has 8 heteroatoms. The lowest BCUT2D eigenvalue weighted by Gasteiger charge is -2.11. The molecule has 88 valence electrons. The van der Waals surface area contributed by atoms with Crippen LogP contribution >= 0.6 is 15.9 Å². The van der Waals surface area contributed by atoms with E-state index in [0.717, 1.165) is 19.4 Å². The van der Waals surface area contributed by atoms with Crippen molar-refractivity contribution in [2.75, 3.05) is 7.11 Å².